The van der Waals surface area contributed by atoms with Crippen LogP contribution in [0.4, 0.5) is 5.69 Å². The summed E-state index contributed by atoms with van der Waals surface area (Å²) >= 11 is 5.75. The van der Waals surface area contributed by atoms with E-state index in [2.05, 4.69) is 10.6 Å². The molecule has 0 unspecified atom stereocenters. The number of ether oxygens (including phenoxy) is 1. The molecule has 7 heteroatoms. The van der Waals surface area contributed by atoms with Gasteiger partial charge < -0.3 is 21.1 Å². The summed E-state index contributed by atoms with van der Waals surface area (Å²) in [5.74, 6) is -0.587. The van der Waals surface area contributed by atoms with Gasteiger partial charge in [0.25, 0.3) is 0 Å². The van der Waals surface area contributed by atoms with Gasteiger partial charge in [0, 0.05) is 17.3 Å². The second-order valence-electron chi connectivity index (χ2n) is 4.83. The first kappa shape index (κ1) is 15.8. The molecule has 0 aliphatic carbocycles. The van der Waals surface area contributed by atoms with Crippen LogP contribution in [0.1, 0.15) is 12.8 Å². The van der Waals surface area contributed by atoms with Gasteiger partial charge in [0.1, 0.15) is 6.10 Å². The Bertz CT molecular complexity index is 507. The minimum Gasteiger partial charge on any atom is -0.364 e. The molecule has 0 radical (unpaired) electrons. The highest BCUT2D eigenvalue weighted by Gasteiger charge is 2.29. The van der Waals surface area contributed by atoms with Crippen LogP contribution in [0.25, 0.3) is 0 Å². The van der Waals surface area contributed by atoms with Crippen molar-refractivity contribution < 1.29 is 14.3 Å². The van der Waals surface area contributed by atoms with Crippen LogP contribution < -0.4 is 16.4 Å². The highest BCUT2D eigenvalue weighted by Crippen LogP contribution is 2.18. The third-order valence-electron chi connectivity index (χ3n) is 3.21. The number of carbonyl (C=O) groups excluding carboxylic acids is 2. The topological polar surface area (TPSA) is 93.5 Å². The Morgan fingerprint density at radius 1 is 1.29 bits per heavy atom. The number of nitrogens with two attached hydrogens (primary N) is 1. The van der Waals surface area contributed by atoms with Crippen LogP contribution in [0.2, 0.25) is 5.02 Å². The highest BCUT2D eigenvalue weighted by molar-refractivity contribution is 6.30. The highest BCUT2D eigenvalue weighted by atomic mass is 35.5. The average Bonchev–Trinajstić information content (AvgIpc) is 2.96. The van der Waals surface area contributed by atoms with E-state index < -0.39 is 6.10 Å². The minimum absolute atomic E-state index is 0.0661. The summed E-state index contributed by atoms with van der Waals surface area (Å²) in [4.78, 5) is 23.6. The summed E-state index contributed by atoms with van der Waals surface area (Å²) in [5.41, 5.74) is 6.11. The van der Waals surface area contributed by atoms with E-state index in [1.165, 1.54) is 0 Å². The van der Waals surface area contributed by atoms with Crippen molar-refractivity contribution in [1.82, 2.24) is 5.32 Å². The Morgan fingerprint density at radius 3 is 2.62 bits per heavy atom. The maximum Gasteiger partial charge on any atom is 0.249 e. The Hall–Kier alpha value is -1.63. The molecule has 114 valence electrons. The minimum atomic E-state index is -0.512. The molecule has 2 amide bonds. The van der Waals surface area contributed by atoms with Crippen molar-refractivity contribution in [3.05, 3.63) is 29.3 Å². The van der Waals surface area contributed by atoms with Crippen molar-refractivity contribution in [1.29, 1.82) is 0 Å². The van der Waals surface area contributed by atoms with E-state index in [-0.39, 0.29) is 24.5 Å². The molecular weight excluding hydrogens is 294 g/mol. The molecule has 0 aromatic heterocycles. The maximum absolute atomic E-state index is 11.8. The van der Waals surface area contributed by atoms with Gasteiger partial charge in [0.05, 0.1) is 12.6 Å². The van der Waals surface area contributed by atoms with Gasteiger partial charge >= 0.3 is 0 Å². The molecule has 1 heterocycles. The summed E-state index contributed by atoms with van der Waals surface area (Å²) in [5, 5.41) is 5.81. The van der Waals surface area contributed by atoms with Crippen molar-refractivity contribution in [3.8, 4) is 0 Å². The molecule has 1 aliphatic heterocycles. The molecule has 0 bridgehead atoms. The molecule has 1 fully saturated rings. The zero-order chi connectivity index (χ0) is 15.2. The molecule has 2 atom stereocenters. The molecule has 1 aromatic carbocycles. The summed E-state index contributed by atoms with van der Waals surface area (Å²) in [7, 11) is 0. The lowest BCUT2D eigenvalue weighted by Gasteiger charge is -2.12. The number of amides is 2. The van der Waals surface area contributed by atoms with Gasteiger partial charge in [-0.25, -0.2) is 0 Å². The number of hydrogen-bond donors (Lipinski definition) is 3. The van der Waals surface area contributed by atoms with E-state index in [1.807, 2.05) is 0 Å². The fourth-order valence-corrected chi connectivity index (χ4v) is 2.22. The Labute approximate surface area is 128 Å². The Morgan fingerprint density at radius 2 is 2.00 bits per heavy atom. The van der Waals surface area contributed by atoms with Crippen LogP contribution in [0, 0.1) is 0 Å². The molecule has 1 aromatic rings. The van der Waals surface area contributed by atoms with Crippen LogP contribution >= 0.6 is 11.6 Å². The third kappa shape index (κ3) is 4.70. The monoisotopic (exact) mass is 311 g/mol. The molecule has 0 spiro atoms. The van der Waals surface area contributed by atoms with Crippen LogP contribution in [0.15, 0.2) is 24.3 Å². The van der Waals surface area contributed by atoms with Gasteiger partial charge in [0.15, 0.2) is 0 Å². The Kier molecular flexibility index (Phi) is 5.55. The average molecular weight is 312 g/mol. The number of nitrogens with one attached hydrogen (secondary N) is 2. The normalized spacial score (nSPS) is 21.0. The molecule has 0 saturated carbocycles. The van der Waals surface area contributed by atoms with Crippen LogP contribution in [-0.2, 0) is 14.3 Å². The van der Waals surface area contributed by atoms with Gasteiger partial charge in [-0.3, -0.25) is 9.59 Å². The quantitative estimate of drug-likeness (QED) is 0.753. The van der Waals surface area contributed by atoms with Gasteiger partial charge in [-0.15, -0.1) is 0 Å². The molecule has 21 heavy (non-hydrogen) atoms. The second kappa shape index (κ2) is 7.40. The predicted molar refractivity (Wildman–Crippen MR) is 80.0 cm³/mol. The maximum atomic E-state index is 11.8. The first-order valence-corrected chi connectivity index (χ1v) is 7.15. The lowest BCUT2D eigenvalue weighted by atomic mass is 10.2. The van der Waals surface area contributed by atoms with Crippen LogP contribution in [0.3, 0.4) is 0 Å². The fourth-order valence-electron chi connectivity index (χ4n) is 2.09. The number of halogens is 1. The standard InChI is InChI=1S/C14H18ClN3O3/c15-9-1-3-10(4-2-9)18-13(19)8-17-14(20)12-6-5-11(7-16)21-12/h1-4,11-12H,5-8,16H2,(H,17,20)(H,18,19)/t11-,12+/m1/s1. The summed E-state index contributed by atoms with van der Waals surface area (Å²) < 4.78 is 5.45. The number of hydrogen-bond acceptors (Lipinski definition) is 4. The third-order valence-corrected chi connectivity index (χ3v) is 3.47. The summed E-state index contributed by atoms with van der Waals surface area (Å²) in [6, 6.07) is 6.73. The van der Waals surface area contributed by atoms with Gasteiger partial charge in [-0.1, -0.05) is 11.6 Å². The molecular formula is C14H18ClN3O3. The van der Waals surface area contributed by atoms with Crippen molar-refractivity contribution in [2.24, 2.45) is 5.73 Å². The molecule has 6 nitrogen and oxygen atoms in total. The van der Waals surface area contributed by atoms with E-state index >= 15 is 0 Å². The van der Waals surface area contributed by atoms with E-state index in [0.717, 1.165) is 6.42 Å². The van der Waals surface area contributed by atoms with E-state index in [9.17, 15) is 9.59 Å². The lowest BCUT2D eigenvalue weighted by molar-refractivity contribution is -0.133. The number of anilines is 1. The zero-order valence-corrected chi connectivity index (χ0v) is 12.2. The first-order chi connectivity index (χ1) is 10.1. The fraction of sp³-hybridized carbons (Fsp3) is 0.429. The van der Waals surface area contributed by atoms with Gasteiger partial charge in [0.2, 0.25) is 11.8 Å². The number of benzene rings is 1. The van der Waals surface area contributed by atoms with Gasteiger partial charge in [-0.05, 0) is 37.1 Å². The second-order valence-corrected chi connectivity index (χ2v) is 5.27. The number of rotatable bonds is 5. The number of carbonyl (C=O) groups is 2. The zero-order valence-electron chi connectivity index (χ0n) is 11.5. The smallest absolute Gasteiger partial charge is 0.249 e. The van der Waals surface area contributed by atoms with E-state index in [4.69, 9.17) is 22.1 Å². The summed E-state index contributed by atoms with van der Waals surface area (Å²) in [6.07, 6.45) is 0.823. The van der Waals surface area contributed by atoms with Crippen molar-refractivity contribution >= 4 is 29.1 Å². The van der Waals surface area contributed by atoms with E-state index in [1.54, 1.807) is 24.3 Å². The molecule has 1 saturated heterocycles. The summed E-state index contributed by atoms with van der Waals surface area (Å²) in [6.45, 7) is 0.301. The predicted octanol–water partition coefficient (Wildman–Crippen LogP) is 0.901. The largest absolute Gasteiger partial charge is 0.364 e. The van der Waals surface area contributed by atoms with Crippen LogP contribution in [-0.4, -0.2) is 37.1 Å². The SMILES string of the molecule is NC[C@H]1CC[C@@H](C(=O)NCC(=O)Nc2ccc(Cl)cc2)O1. The first-order valence-electron chi connectivity index (χ1n) is 6.77. The van der Waals surface area contributed by atoms with Crippen molar-refractivity contribution in [2.45, 2.75) is 25.0 Å². The van der Waals surface area contributed by atoms with Crippen LogP contribution in [0.5, 0.6) is 0 Å². The lowest BCUT2D eigenvalue weighted by Crippen LogP contribution is -2.39. The molecule has 2 rings (SSSR count). The van der Waals surface area contributed by atoms with Gasteiger partial charge in [-0.2, -0.15) is 0 Å². The Balaban J connectivity index is 1.73. The molecule has 4 N–H and O–H groups in total. The van der Waals surface area contributed by atoms with Crippen molar-refractivity contribution in [2.75, 3.05) is 18.4 Å². The van der Waals surface area contributed by atoms with Crippen molar-refractivity contribution in [3.63, 3.8) is 0 Å². The van der Waals surface area contributed by atoms with E-state index in [0.29, 0.717) is 23.7 Å². The molecule has 1 aliphatic rings.